The third-order valence-electron chi connectivity index (χ3n) is 3.11. The van der Waals surface area contributed by atoms with Crippen molar-refractivity contribution in [2.24, 2.45) is 23.2 Å². The molecule has 0 aromatic rings. The molecule has 84 valence electrons. The molecule has 2 aliphatic rings. The highest BCUT2D eigenvalue weighted by atomic mass is 16.3. The lowest BCUT2D eigenvalue weighted by atomic mass is 9.96. The van der Waals surface area contributed by atoms with Crippen LogP contribution in [0.15, 0.2) is 0 Å². The first-order valence-corrected chi connectivity index (χ1v) is 5.33. The van der Waals surface area contributed by atoms with Gasteiger partial charge in [0.2, 0.25) is 11.8 Å². The molecule has 0 radical (unpaired) electrons. The van der Waals surface area contributed by atoms with Gasteiger partial charge < -0.3 is 5.11 Å². The Balaban J connectivity index is 2.08. The summed E-state index contributed by atoms with van der Waals surface area (Å²) >= 11 is 0. The number of carbonyl (C=O) groups excluding carboxylic acids is 2. The van der Waals surface area contributed by atoms with Crippen molar-refractivity contribution in [1.82, 2.24) is 4.90 Å². The summed E-state index contributed by atoms with van der Waals surface area (Å²) in [4.78, 5) is 25.0. The third kappa shape index (κ3) is 1.57. The fourth-order valence-corrected chi connectivity index (χ4v) is 2.37. The highest BCUT2D eigenvalue weighted by Crippen LogP contribution is 2.53. The van der Waals surface area contributed by atoms with Gasteiger partial charge in [0, 0.05) is 19.1 Å². The summed E-state index contributed by atoms with van der Waals surface area (Å²) in [7, 11) is 0. The van der Waals surface area contributed by atoms with Crippen LogP contribution in [0.2, 0.25) is 0 Å². The van der Waals surface area contributed by atoms with Gasteiger partial charge in [-0.2, -0.15) is 0 Å². The molecule has 15 heavy (non-hydrogen) atoms. The van der Waals surface area contributed by atoms with Gasteiger partial charge in [0.05, 0.1) is 11.8 Å². The molecule has 1 saturated heterocycles. The second-order valence-electron chi connectivity index (χ2n) is 5.72. The molecule has 2 fully saturated rings. The predicted molar refractivity (Wildman–Crippen MR) is 53.7 cm³/mol. The molecule has 1 aliphatic heterocycles. The number of likely N-dealkylation sites (tertiary alicyclic amines) is 1. The van der Waals surface area contributed by atoms with Crippen LogP contribution in [0.25, 0.3) is 0 Å². The second-order valence-corrected chi connectivity index (χ2v) is 5.72. The fourth-order valence-electron chi connectivity index (χ4n) is 2.37. The van der Waals surface area contributed by atoms with Crippen LogP contribution in [0.1, 0.15) is 20.8 Å². The molecular weight excluding hydrogens is 194 g/mol. The van der Waals surface area contributed by atoms with Gasteiger partial charge in [-0.05, 0) is 5.41 Å². The first-order chi connectivity index (χ1) is 6.87. The molecule has 4 heteroatoms. The molecule has 0 bridgehead atoms. The van der Waals surface area contributed by atoms with Gasteiger partial charge in [0.15, 0.2) is 0 Å². The Morgan fingerprint density at radius 2 is 1.67 bits per heavy atom. The summed E-state index contributed by atoms with van der Waals surface area (Å²) in [5.41, 5.74) is -0.0587. The van der Waals surface area contributed by atoms with Crippen LogP contribution < -0.4 is 0 Å². The number of hydrogen-bond donors (Lipinski definition) is 1. The molecule has 4 nitrogen and oxygen atoms in total. The van der Waals surface area contributed by atoms with E-state index < -0.39 is 0 Å². The Kier molecular flexibility index (Phi) is 2.15. The quantitative estimate of drug-likeness (QED) is 0.666. The molecule has 1 N–H and O–H groups in total. The molecule has 2 rings (SSSR count). The lowest BCUT2D eigenvalue weighted by molar-refractivity contribution is -0.144. The van der Waals surface area contributed by atoms with Gasteiger partial charge in [0.1, 0.15) is 0 Å². The van der Waals surface area contributed by atoms with Crippen molar-refractivity contribution in [2.45, 2.75) is 20.8 Å². The van der Waals surface area contributed by atoms with Crippen LogP contribution in [0.5, 0.6) is 0 Å². The molecule has 1 saturated carbocycles. The van der Waals surface area contributed by atoms with Crippen LogP contribution in [-0.4, -0.2) is 35.0 Å². The number of hydrogen-bond acceptors (Lipinski definition) is 3. The van der Waals surface area contributed by atoms with Crippen LogP contribution in [0, 0.1) is 23.2 Å². The van der Waals surface area contributed by atoms with E-state index in [1.54, 1.807) is 0 Å². The zero-order valence-electron chi connectivity index (χ0n) is 9.36. The van der Waals surface area contributed by atoms with E-state index in [1.807, 2.05) is 20.8 Å². The largest absolute Gasteiger partial charge is 0.396 e. The number of imide groups is 1. The number of aliphatic hydroxyl groups excluding tert-OH is 1. The molecule has 2 atom stereocenters. The van der Waals surface area contributed by atoms with Gasteiger partial charge in [-0.3, -0.25) is 14.5 Å². The fraction of sp³-hybridized carbons (Fsp3) is 0.818. The number of fused-ring (bicyclic) bond motifs is 1. The van der Waals surface area contributed by atoms with E-state index in [0.717, 1.165) is 0 Å². The lowest BCUT2D eigenvalue weighted by Gasteiger charge is -2.26. The number of amides is 2. The van der Waals surface area contributed by atoms with Crippen LogP contribution in [0.3, 0.4) is 0 Å². The van der Waals surface area contributed by atoms with E-state index in [0.29, 0.717) is 6.54 Å². The summed E-state index contributed by atoms with van der Waals surface area (Å²) in [6.45, 7) is 6.44. The maximum Gasteiger partial charge on any atom is 0.233 e. The maximum absolute atomic E-state index is 11.8. The highest BCUT2D eigenvalue weighted by molar-refractivity contribution is 6.09. The van der Waals surface area contributed by atoms with Gasteiger partial charge >= 0.3 is 0 Å². The minimum absolute atomic E-state index is 0.0455. The highest BCUT2D eigenvalue weighted by Gasteiger charge is 2.66. The Hall–Kier alpha value is -0.900. The first-order valence-electron chi connectivity index (χ1n) is 5.33. The summed E-state index contributed by atoms with van der Waals surface area (Å²) in [5, 5.41) is 8.94. The van der Waals surface area contributed by atoms with Crippen LogP contribution >= 0.6 is 0 Å². The second kappa shape index (κ2) is 3.04. The lowest BCUT2D eigenvalue weighted by Crippen LogP contribution is -2.40. The Morgan fingerprint density at radius 3 is 2.00 bits per heavy atom. The monoisotopic (exact) mass is 211 g/mol. The summed E-state index contributed by atoms with van der Waals surface area (Å²) in [5.74, 6) is -0.700. The van der Waals surface area contributed by atoms with E-state index >= 15 is 0 Å². The molecule has 0 aromatic carbocycles. The summed E-state index contributed by atoms with van der Waals surface area (Å²) in [6, 6.07) is 0. The molecule has 2 unspecified atom stereocenters. The number of rotatable bonds is 2. The van der Waals surface area contributed by atoms with E-state index in [9.17, 15) is 9.59 Å². The average molecular weight is 211 g/mol. The SMILES string of the molecule is CC(C)(C)CN1C(=O)C2C(CO)C2C1=O. The Morgan fingerprint density at radius 1 is 1.20 bits per heavy atom. The normalized spacial score (nSPS) is 34.7. The molecule has 2 amide bonds. The van der Waals surface area contributed by atoms with Gasteiger partial charge in [-0.15, -0.1) is 0 Å². The van der Waals surface area contributed by atoms with Crippen LogP contribution in [0.4, 0.5) is 0 Å². The molecule has 1 heterocycles. The van der Waals surface area contributed by atoms with Crippen molar-refractivity contribution >= 4 is 11.8 Å². The Bertz CT molecular complexity index is 296. The van der Waals surface area contributed by atoms with Crippen molar-refractivity contribution < 1.29 is 14.7 Å². The standard InChI is InChI=1S/C11H17NO3/c1-11(2,3)5-12-9(14)7-6(4-13)8(7)10(12)15/h6-8,13H,4-5H2,1-3H3. The zero-order valence-corrected chi connectivity index (χ0v) is 9.36. The van der Waals surface area contributed by atoms with Crippen LogP contribution in [-0.2, 0) is 9.59 Å². The van der Waals surface area contributed by atoms with Crippen molar-refractivity contribution in [1.29, 1.82) is 0 Å². The van der Waals surface area contributed by atoms with E-state index in [-0.39, 0.29) is 41.6 Å². The number of nitrogens with zero attached hydrogens (tertiary/aromatic N) is 1. The smallest absolute Gasteiger partial charge is 0.233 e. The topological polar surface area (TPSA) is 57.6 Å². The van der Waals surface area contributed by atoms with Crippen molar-refractivity contribution in [3.8, 4) is 0 Å². The number of carbonyl (C=O) groups is 2. The zero-order chi connectivity index (χ0) is 11.4. The molecular formula is C11H17NO3. The van der Waals surface area contributed by atoms with Gasteiger partial charge in [-0.1, -0.05) is 20.8 Å². The minimum Gasteiger partial charge on any atom is -0.396 e. The van der Waals surface area contributed by atoms with E-state index in [2.05, 4.69) is 0 Å². The molecule has 0 aromatic heterocycles. The maximum atomic E-state index is 11.8. The number of piperidine rings is 1. The summed E-state index contributed by atoms with van der Waals surface area (Å²) < 4.78 is 0. The average Bonchev–Trinajstić information content (AvgIpc) is 2.78. The van der Waals surface area contributed by atoms with Crippen molar-refractivity contribution in [3.05, 3.63) is 0 Å². The minimum atomic E-state index is -0.218. The van der Waals surface area contributed by atoms with E-state index in [4.69, 9.17) is 5.11 Å². The third-order valence-corrected chi connectivity index (χ3v) is 3.11. The first kappa shape index (κ1) is 10.6. The van der Waals surface area contributed by atoms with Crippen molar-refractivity contribution in [2.75, 3.05) is 13.2 Å². The predicted octanol–water partition coefficient (Wildman–Crippen LogP) is 0.256. The van der Waals surface area contributed by atoms with E-state index in [1.165, 1.54) is 4.90 Å². The molecule has 0 spiro atoms. The van der Waals surface area contributed by atoms with Crippen molar-refractivity contribution in [3.63, 3.8) is 0 Å². The summed E-state index contributed by atoms with van der Waals surface area (Å²) in [6.07, 6.45) is 0. The van der Waals surface area contributed by atoms with Gasteiger partial charge in [0.25, 0.3) is 0 Å². The van der Waals surface area contributed by atoms with Gasteiger partial charge in [-0.25, -0.2) is 0 Å². The number of aliphatic hydroxyl groups is 1. The Labute approximate surface area is 89.3 Å². The molecule has 1 aliphatic carbocycles.